The minimum Gasteiger partial charge on any atom is -0.497 e. The summed E-state index contributed by atoms with van der Waals surface area (Å²) < 4.78 is 12.5. The molecule has 156 valence electrons. The summed E-state index contributed by atoms with van der Waals surface area (Å²) >= 11 is 0. The van der Waals surface area contributed by atoms with Crippen LogP contribution in [0.1, 0.15) is 24.1 Å². The molecule has 3 heterocycles. The predicted molar refractivity (Wildman–Crippen MR) is 114 cm³/mol. The Morgan fingerprint density at radius 1 is 1.19 bits per heavy atom. The van der Waals surface area contributed by atoms with E-state index in [1.54, 1.807) is 18.7 Å². The van der Waals surface area contributed by atoms with Gasteiger partial charge in [-0.2, -0.15) is 4.68 Å². The number of rotatable bonds is 5. The maximum Gasteiger partial charge on any atom is 0.338 e. The second-order valence-electron chi connectivity index (χ2n) is 7.01. The highest BCUT2D eigenvalue weighted by molar-refractivity contribution is 6.03. The van der Waals surface area contributed by atoms with Crippen LogP contribution in [0.4, 0.5) is 5.95 Å². The van der Waals surface area contributed by atoms with Crippen LogP contribution in [-0.4, -0.2) is 44.9 Å². The number of nitrogens with zero attached hydrogens (tertiary/aromatic N) is 4. The molecule has 0 spiro atoms. The monoisotopic (exact) mass is 416 g/mol. The number of anilines is 1. The number of aromatic nitrogens is 5. The summed E-state index contributed by atoms with van der Waals surface area (Å²) in [5.41, 5.74) is 3.62. The van der Waals surface area contributed by atoms with E-state index >= 15 is 0 Å². The SMILES string of the molecule is CCOC(=O)C1=C(c2ccccc2)Nc2nnnn2[C@H]1c1c[nH]c2ccc(OC)cc12. The highest BCUT2D eigenvalue weighted by Crippen LogP contribution is 2.41. The van der Waals surface area contributed by atoms with Gasteiger partial charge in [0.15, 0.2) is 0 Å². The zero-order chi connectivity index (χ0) is 21.4. The summed E-state index contributed by atoms with van der Waals surface area (Å²) in [4.78, 5) is 16.5. The number of aromatic amines is 1. The van der Waals surface area contributed by atoms with Crippen molar-refractivity contribution in [1.29, 1.82) is 0 Å². The van der Waals surface area contributed by atoms with Crippen molar-refractivity contribution in [3.63, 3.8) is 0 Å². The first-order valence-corrected chi connectivity index (χ1v) is 9.88. The smallest absolute Gasteiger partial charge is 0.338 e. The Kier molecular flexibility index (Phi) is 4.62. The number of carbonyl (C=O) groups is 1. The molecule has 1 atom stereocenters. The number of fused-ring (bicyclic) bond motifs is 2. The minimum absolute atomic E-state index is 0.251. The van der Waals surface area contributed by atoms with Crippen molar-refractivity contribution < 1.29 is 14.3 Å². The lowest BCUT2D eigenvalue weighted by atomic mass is 9.92. The fourth-order valence-electron chi connectivity index (χ4n) is 3.90. The topological polar surface area (TPSA) is 107 Å². The van der Waals surface area contributed by atoms with Crippen molar-refractivity contribution in [2.24, 2.45) is 0 Å². The van der Waals surface area contributed by atoms with Gasteiger partial charge in [-0.25, -0.2) is 4.79 Å². The van der Waals surface area contributed by atoms with Crippen molar-refractivity contribution in [2.75, 3.05) is 19.0 Å². The van der Waals surface area contributed by atoms with Crippen LogP contribution in [0.5, 0.6) is 5.75 Å². The number of tetrazole rings is 1. The molecule has 5 rings (SSSR count). The van der Waals surface area contributed by atoms with Gasteiger partial charge in [0, 0.05) is 22.7 Å². The molecule has 0 bridgehead atoms. The first-order valence-electron chi connectivity index (χ1n) is 9.88. The fourth-order valence-corrected chi connectivity index (χ4v) is 3.90. The molecular formula is C22H20N6O3. The maximum atomic E-state index is 13.2. The molecule has 1 aliphatic heterocycles. The van der Waals surface area contributed by atoms with Crippen LogP contribution in [-0.2, 0) is 9.53 Å². The van der Waals surface area contributed by atoms with Crippen molar-refractivity contribution in [1.82, 2.24) is 25.2 Å². The van der Waals surface area contributed by atoms with Gasteiger partial charge in [0.25, 0.3) is 0 Å². The first kappa shape index (κ1) is 18.9. The Bertz CT molecular complexity index is 1290. The number of carbonyl (C=O) groups excluding carboxylic acids is 1. The largest absolute Gasteiger partial charge is 0.497 e. The highest BCUT2D eigenvalue weighted by atomic mass is 16.5. The van der Waals surface area contributed by atoms with Gasteiger partial charge in [-0.05, 0) is 41.1 Å². The maximum absolute atomic E-state index is 13.2. The summed E-state index contributed by atoms with van der Waals surface area (Å²) in [5, 5.41) is 16.2. The summed E-state index contributed by atoms with van der Waals surface area (Å²) in [5.74, 6) is 0.718. The zero-order valence-corrected chi connectivity index (χ0v) is 17.0. The molecule has 2 N–H and O–H groups in total. The average Bonchev–Trinajstić information content (AvgIpc) is 3.45. The molecule has 4 aromatic rings. The molecule has 0 saturated heterocycles. The van der Waals surface area contributed by atoms with E-state index < -0.39 is 12.0 Å². The molecule has 0 aliphatic carbocycles. The Hall–Kier alpha value is -4.14. The van der Waals surface area contributed by atoms with Crippen molar-refractivity contribution in [3.05, 3.63) is 71.4 Å². The third kappa shape index (κ3) is 3.10. The first-order chi connectivity index (χ1) is 15.2. The Morgan fingerprint density at radius 3 is 2.81 bits per heavy atom. The highest BCUT2D eigenvalue weighted by Gasteiger charge is 2.38. The molecule has 9 nitrogen and oxygen atoms in total. The molecule has 0 fully saturated rings. The van der Waals surface area contributed by atoms with Crippen LogP contribution in [0.2, 0.25) is 0 Å². The third-order valence-electron chi connectivity index (χ3n) is 5.29. The Labute approximate surface area is 177 Å². The number of nitrogens with one attached hydrogen (secondary N) is 2. The molecule has 0 radical (unpaired) electrons. The lowest BCUT2D eigenvalue weighted by molar-refractivity contribution is -0.138. The van der Waals surface area contributed by atoms with Crippen LogP contribution in [0.3, 0.4) is 0 Å². The second-order valence-corrected chi connectivity index (χ2v) is 7.01. The summed E-state index contributed by atoms with van der Waals surface area (Å²) in [7, 11) is 1.62. The minimum atomic E-state index is -0.596. The fraction of sp³-hybridized carbons (Fsp3) is 0.182. The summed E-state index contributed by atoms with van der Waals surface area (Å²) in [6.07, 6.45) is 1.87. The van der Waals surface area contributed by atoms with Gasteiger partial charge in [-0.3, -0.25) is 0 Å². The van der Waals surface area contributed by atoms with Crippen LogP contribution >= 0.6 is 0 Å². The number of hydrogen-bond acceptors (Lipinski definition) is 7. The van der Waals surface area contributed by atoms with E-state index in [2.05, 4.69) is 25.8 Å². The number of methoxy groups -OCH3 is 1. The molecule has 0 saturated carbocycles. The average molecular weight is 416 g/mol. The van der Waals surface area contributed by atoms with Crippen LogP contribution in [0.25, 0.3) is 16.6 Å². The van der Waals surface area contributed by atoms with Crippen molar-refractivity contribution >= 4 is 28.5 Å². The van der Waals surface area contributed by atoms with E-state index in [-0.39, 0.29) is 6.61 Å². The third-order valence-corrected chi connectivity index (χ3v) is 5.29. The molecule has 0 unspecified atom stereocenters. The van der Waals surface area contributed by atoms with Gasteiger partial charge < -0.3 is 19.8 Å². The molecular weight excluding hydrogens is 396 g/mol. The normalized spacial score (nSPS) is 15.5. The number of benzene rings is 2. The van der Waals surface area contributed by atoms with Gasteiger partial charge in [0.2, 0.25) is 5.95 Å². The molecule has 2 aromatic heterocycles. The van der Waals surface area contributed by atoms with E-state index in [4.69, 9.17) is 9.47 Å². The van der Waals surface area contributed by atoms with E-state index in [1.807, 2.05) is 54.7 Å². The number of ether oxygens (including phenoxy) is 2. The molecule has 31 heavy (non-hydrogen) atoms. The van der Waals surface area contributed by atoms with Crippen molar-refractivity contribution in [2.45, 2.75) is 13.0 Å². The van der Waals surface area contributed by atoms with E-state index in [9.17, 15) is 4.79 Å². The standard InChI is InChI=1S/C22H20N6O3/c1-3-31-21(29)18-19(13-7-5-4-6-8-13)24-22-25-26-27-28(22)20(18)16-12-23-17-10-9-14(30-2)11-15(16)17/h4-12,20,23H,3H2,1-2H3,(H,24,25,27)/t20-/m0/s1. The van der Waals surface area contributed by atoms with E-state index in [1.165, 1.54) is 0 Å². The van der Waals surface area contributed by atoms with Crippen LogP contribution in [0, 0.1) is 0 Å². The molecule has 9 heteroatoms. The van der Waals surface area contributed by atoms with Gasteiger partial charge in [0.1, 0.15) is 11.8 Å². The summed E-state index contributed by atoms with van der Waals surface area (Å²) in [6.45, 7) is 2.03. The molecule has 2 aromatic carbocycles. The van der Waals surface area contributed by atoms with Gasteiger partial charge in [-0.15, -0.1) is 0 Å². The number of esters is 1. The van der Waals surface area contributed by atoms with E-state index in [0.717, 1.165) is 22.0 Å². The second kappa shape index (κ2) is 7.60. The molecule has 0 amide bonds. The van der Waals surface area contributed by atoms with Gasteiger partial charge in [-0.1, -0.05) is 35.4 Å². The lowest BCUT2D eigenvalue weighted by Crippen LogP contribution is -2.29. The Balaban J connectivity index is 1.79. The van der Waals surface area contributed by atoms with Gasteiger partial charge in [0.05, 0.1) is 25.0 Å². The Morgan fingerprint density at radius 2 is 2.03 bits per heavy atom. The van der Waals surface area contributed by atoms with E-state index in [0.29, 0.717) is 23.0 Å². The van der Waals surface area contributed by atoms with Crippen LogP contribution in [0.15, 0.2) is 60.3 Å². The zero-order valence-electron chi connectivity index (χ0n) is 17.0. The van der Waals surface area contributed by atoms with Crippen LogP contribution < -0.4 is 10.1 Å². The number of H-pyrrole nitrogens is 1. The quantitative estimate of drug-likeness (QED) is 0.481. The lowest BCUT2D eigenvalue weighted by Gasteiger charge is -2.28. The number of hydrogen-bond donors (Lipinski definition) is 2. The predicted octanol–water partition coefficient (Wildman–Crippen LogP) is 3.15. The summed E-state index contributed by atoms with van der Waals surface area (Å²) in [6, 6.07) is 14.7. The van der Waals surface area contributed by atoms with Gasteiger partial charge >= 0.3 is 5.97 Å². The van der Waals surface area contributed by atoms with Crippen molar-refractivity contribution in [3.8, 4) is 5.75 Å². The molecule has 1 aliphatic rings.